The zero-order valence-corrected chi connectivity index (χ0v) is 19.5. The third-order valence-electron chi connectivity index (χ3n) is 5.50. The van der Waals surface area contributed by atoms with Crippen molar-refractivity contribution in [3.63, 3.8) is 0 Å². The number of hydrogen-bond acceptors (Lipinski definition) is 3. The predicted molar refractivity (Wildman–Crippen MR) is 136 cm³/mol. The fraction of sp³-hybridized carbons (Fsp3) is 0. The molecular formula is C27H20ClN3O2S. The summed E-state index contributed by atoms with van der Waals surface area (Å²) in [7, 11) is -3.81. The van der Waals surface area contributed by atoms with Gasteiger partial charge < -0.3 is 0 Å². The maximum Gasteiger partial charge on any atom is 0.238 e. The Kier molecular flexibility index (Phi) is 5.79. The second-order valence-corrected chi connectivity index (χ2v) is 9.74. The molecule has 4 aromatic carbocycles. The van der Waals surface area contributed by atoms with Crippen molar-refractivity contribution in [2.24, 2.45) is 5.14 Å². The van der Waals surface area contributed by atoms with E-state index in [1.165, 1.54) is 12.1 Å². The van der Waals surface area contributed by atoms with Gasteiger partial charge in [-0.05, 0) is 48.5 Å². The Labute approximate surface area is 203 Å². The second kappa shape index (κ2) is 8.91. The molecule has 0 spiro atoms. The summed E-state index contributed by atoms with van der Waals surface area (Å²) in [4.78, 5) is 5.13. The highest BCUT2D eigenvalue weighted by molar-refractivity contribution is 7.89. The van der Waals surface area contributed by atoms with Crippen LogP contribution in [0.25, 0.3) is 39.6 Å². The van der Waals surface area contributed by atoms with Gasteiger partial charge >= 0.3 is 0 Å². The van der Waals surface area contributed by atoms with E-state index >= 15 is 0 Å². The van der Waals surface area contributed by atoms with Crippen LogP contribution in [0.4, 0.5) is 0 Å². The molecule has 0 unspecified atom stereocenters. The Morgan fingerprint density at radius 2 is 1.24 bits per heavy atom. The standard InChI is InChI=1S/C27H20ClN3O2S/c28-22-13-11-21(12-14-22)27-30-25(19-7-3-1-4-8-19)26(20-9-5-2-6-10-20)31(27)23-15-17-24(18-16-23)34(29,32)33/h1-18H,(H2,29,32,33). The first-order valence-electron chi connectivity index (χ1n) is 10.5. The third-order valence-corrected chi connectivity index (χ3v) is 6.68. The van der Waals surface area contributed by atoms with Gasteiger partial charge in [-0.3, -0.25) is 4.57 Å². The highest BCUT2D eigenvalue weighted by Gasteiger charge is 2.22. The van der Waals surface area contributed by atoms with Crippen molar-refractivity contribution < 1.29 is 8.42 Å². The van der Waals surface area contributed by atoms with Crippen molar-refractivity contribution in [2.45, 2.75) is 4.90 Å². The van der Waals surface area contributed by atoms with E-state index in [1.54, 1.807) is 12.1 Å². The number of nitrogens with zero attached hydrogens (tertiary/aromatic N) is 2. The molecule has 5 rings (SSSR count). The van der Waals surface area contributed by atoms with Gasteiger partial charge in [-0.2, -0.15) is 0 Å². The summed E-state index contributed by atoms with van der Waals surface area (Å²) >= 11 is 6.15. The number of aromatic nitrogens is 2. The summed E-state index contributed by atoms with van der Waals surface area (Å²) in [6.07, 6.45) is 0. The van der Waals surface area contributed by atoms with Gasteiger partial charge in [0.2, 0.25) is 10.0 Å². The number of benzene rings is 4. The first-order chi connectivity index (χ1) is 16.4. The average Bonchev–Trinajstić information content (AvgIpc) is 3.26. The minimum Gasteiger partial charge on any atom is -0.292 e. The minimum absolute atomic E-state index is 0.0500. The lowest BCUT2D eigenvalue weighted by Crippen LogP contribution is -2.12. The molecule has 1 aromatic heterocycles. The fourth-order valence-electron chi connectivity index (χ4n) is 3.91. The summed E-state index contributed by atoms with van der Waals surface area (Å²) in [6, 6.07) is 33.9. The van der Waals surface area contributed by atoms with Crippen LogP contribution in [0.3, 0.4) is 0 Å². The van der Waals surface area contributed by atoms with Crippen LogP contribution in [-0.4, -0.2) is 18.0 Å². The number of rotatable bonds is 5. The molecule has 168 valence electrons. The molecule has 7 heteroatoms. The Bertz CT molecular complexity index is 1550. The number of nitrogens with two attached hydrogens (primary N) is 1. The molecule has 0 saturated carbocycles. The molecule has 0 aliphatic carbocycles. The van der Waals surface area contributed by atoms with Gasteiger partial charge in [0, 0.05) is 27.4 Å². The molecule has 0 atom stereocenters. The number of hydrogen-bond donors (Lipinski definition) is 1. The van der Waals surface area contributed by atoms with E-state index in [4.69, 9.17) is 21.7 Å². The van der Waals surface area contributed by atoms with E-state index in [2.05, 4.69) is 0 Å². The number of sulfonamides is 1. The Balaban J connectivity index is 1.85. The van der Waals surface area contributed by atoms with Crippen molar-refractivity contribution in [1.82, 2.24) is 9.55 Å². The van der Waals surface area contributed by atoms with E-state index in [9.17, 15) is 8.42 Å². The van der Waals surface area contributed by atoms with E-state index < -0.39 is 10.0 Å². The van der Waals surface area contributed by atoms with Crippen LogP contribution in [0.15, 0.2) is 114 Å². The van der Waals surface area contributed by atoms with Gasteiger partial charge in [-0.1, -0.05) is 72.3 Å². The van der Waals surface area contributed by atoms with Crippen molar-refractivity contribution in [1.29, 1.82) is 0 Å². The Morgan fingerprint density at radius 1 is 0.676 bits per heavy atom. The summed E-state index contributed by atoms with van der Waals surface area (Å²) < 4.78 is 25.7. The number of halogens is 1. The third kappa shape index (κ3) is 4.26. The maximum atomic E-state index is 11.8. The molecule has 5 nitrogen and oxygen atoms in total. The number of imidazole rings is 1. The number of primary sulfonamides is 1. The fourth-order valence-corrected chi connectivity index (χ4v) is 4.55. The molecule has 0 bridgehead atoms. The molecule has 0 saturated heterocycles. The van der Waals surface area contributed by atoms with Gasteiger partial charge in [0.05, 0.1) is 16.3 Å². The molecule has 0 aliphatic heterocycles. The zero-order chi connectivity index (χ0) is 23.7. The molecular weight excluding hydrogens is 466 g/mol. The van der Waals surface area contributed by atoms with Crippen molar-refractivity contribution in [2.75, 3.05) is 0 Å². The smallest absolute Gasteiger partial charge is 0.238 e. The Morgan fingerprint density at radius 3 is 1.79 bits per heavy atom. The second-order valence-electron chi connectivity index (χ2n) is 7.75. The van der Waals surface area contributed by atoms with E-state index in [0.717, 1.165) is 33.8 Å². The van der Waals surface area contributed by atoms with Crippen LogP contribution >= 0.6 is 11.6 Å². The van der Waals surface area contributed by atoms with Crippen LogP contribution in [0.2, 0.25) is 5.02 Å². The lowest BCUT2D eigenvalue weighted by Gasteiger charge is -2.14. The Hall–Kier alpha value is -3.71. The van der Waals surface area contributed by atoms with Crippen LogP contribution in [0.1, 0.15) is 0 Å². The SMILES string of the molecule is NS(=O)(=O)c1ccc(-n2c(-c3ccc(Cl)cc3)nc(-c3ccccc3)c2-c2ccccc2)cc1. The lowest BCUT2D eigenvalue weighted by molar-refractivity contribution is 0.598. The summed E-state index contributed by atoms with van der Waals surface area (Å²) in [5.41, 5.74) is 5.28. The van der Waals surface area contributed by atoms with Gasteiger partial charge in [0.25, 0.3) is 0 Å². The maximum absolute atomic E-state index is 11.8. The van der Waals surface area contributed by atoms with Crippen molar-refractivity contribution in [3.05, 3.63) is 114 Å². The normalized spacial score (nSPS) is 11.5. The van der Waals surface area contributed by atoms with Gasteiger partial charge in [0.15, 0.2) is 0 Å². The van der Waals surface area contributed by atoms with Gasteiger partial charge in [0.1, 0.15) is 5.82 Å². The first-order valence-corrected chi connectivity index (χ1v) is 12.5. The summed E-state index contributed by atoms with van der Waals surface area (Å²) in [5, 5.41) is 5.95. The molecule has 2 N–H and O–H groups in total. The highest BCUT2D eigenvalue weighted by atomic mass is 35.5. The monoisotopic (exact) mass is 485 g/mol. The largest absolute Gasteiger partial charge is 0.292 e. The van der Waals surface area contributed by atoms with E-state index in [0.29, 0.717) is 10.8 Å². The van der Waals surface area contributed by atoms with Gasteiger partial charge in [-0.15, -0.1) is 0 Å². The van der Waals surface area contributed by atoms with Gasteiger partial charge in [-0.25, -0.2) is 18.5 Å². The van der Waals surface area contributed by atoms with E-state index in [1.807, 2.05) is 89.5 Å². The highest BCUT2D eigenvalue weighted by Crippen LogP contribution is 2.38. The van der Waals surface area contributed by atoms with Crippen molar-refractivity contribution in [3.8, 4) is 39.6 Å². The molecule has 1 heterocycles. The minimum atomic E-state index is -3.81. The lowest BCUT2D eigenvalue weighted by atomic mass is 10.0. The quantitative estimate of drug-likeness (QED) is 0.323. The molecule has 0 aliphatic rings. The summed E-state index contributed by atoms with van der Waals surface area (Å²) in [5.74, 6) is 0.706. The molecule has 34 heavy (non-hydrogen) atoms. The first kappa shape index (κ1) is 22.1. The summed E-state index contributed by atoms with van der Waals surface area (Å²) in [6.45, 7) is 0. The average molecular weight is 486 g/mol. The van der Waals surface area contributed by atoms with Crippen LogP contribution in [-0.2, 0) is 10.0 Å². The van der Waals surface area contributed by atoms with Crippen LogP contribution in [0.5, 0.6) is 0 Å². The molecule has 0 fully saturated rings. The zero-order valence-electron chi connectivity index (χ0n) is 18.0. The van der Waals surface area contributed by atoms with E-state index in [-0.39, 0.29) is 4.90 Å². The van der Waals surface area contributed by atoms with Crippen LogP contribution < -0.4 is 5.14 Å². The molecule has 0 amide bonds. The predicted octanol–water partition coefficient (Wildman–Crippen LogP) is 6.17. The molecule has 0 radical (unpaired) electrons. The van der Waals surface area contributed by atoms with Crippen molar-refractivity contribution >= 4 is 21.6 Å². The topological polar surface area (TPSA) is 78.0 Å². The molecule has 5 aromatic rings. The van der Waals surface area contributed by atoms with Crippen LogP contribution in [0, 0.1) is 0 Å².